The first kappa shape index (κ1) is 25.7. The summed E-state index contributed by atoms with van der Waals surface area (Å²) in [6, 6.07) is 18.5. The Morgan fingerprint density at radius 2 is 1.70 bits per heavy atom. The minimum Gasteiger partial charge on any atom is -0.371 e. The molecule has 1 fully saturated rings. The van der Waals surface area contributed by atoms with E-state index < -0.39 is 18.0 Å². The first-order valence-corrected chi connectivity index (χ1v) is 12.4. The molecule has 4 rings (SSSR count). The summed E-state index contributed by atoms with van der Waals surface area (Å²) < 4.78 is 0. The van der Waals surface area contributed by atoms with Gasteiger partial charge in [-0.1, -0.05) is 30.3 Å². The second-order valence-electron chi connectivity index (χ2n) is 9.17. The van der Waals surface area contributed by atoms with E-state index in [4.69, 9.17) is 5.73 Å². The molecule has 1 saturated heterocycles. The number of benzene rings is 2. The number of pyridine rings is 1. The number of rotatable bonds is 9. The maximum Gasteiger partial charge on any atom is 0.319 e. The second kappa shape index (κ2) is 12.5. The van der Waals surface area contributed by atoms with Crippen LogP contribution in [0.1, 0.15) is 28.8 Å². The Bertz CT molecular complexity index is 1200. The lowest BCUT2D eigenvalue weighted by molar-refractivity contribution is -0.123. The fraction of sp³-hybridized carbons (Fsp3) is 0.286. The molecule has 37 heavy (non-hydrogen) atoms. The van der Waals surface area contributed by atoms with Gasteiger partial charge in [-0.25, -0.2) is 4.79 Å². The lowest BCUT2D eigenvalue weighted by atomic mass is 9.96. The number of anilines is 2. The van der Waals surface area contributed by atoms with Gasteiger partial charge >= 0.3 is 6.03 Å². The summed E-state index contributed by atoms with van der Waals surface area (Å²) in [4.78, 5) is 43.9. The van der Waals surface area contributed by atoms with Gasteiger partial charge in [0.2, 0.25) is 11.8 Å². The van der Waals surface area contributed by atoms with E-state index in [1.165, 1.54) is 0 Å². The molecule has 9 nitrogen and oxygen atoms in total. The number of urea groups is 1. The molecule has 2 heterocycles. The molecule has 5 N–H and O–H groups in total. The minimum absolute atomic E-state index is 0.218. The maximum absolute atomic E-state index is 13.2. The third-order valence-electron chi connectivity index (χ3n) is 6.51. The molecule has 2 aromatic carbocycles. The standard InChI is InChI=1S/C28H32N6O3/c29-26(35)22-6-4-5-21(17-22)18-25(33-28(37)32-23-7-2-1-3-8-23)27(36)31-19-20-11-15-34(16-12-20)24-9-13-30-14-10-24/h1-10,13-14,17,20,25H,11-12,15-16,18-19H2,(H2,29,35)(H,31,36)(H2,32,33,37). The molecule has 0 saturated carbocycles. The summed E-state index contributed by atoms with van der Waals surface area (Å²) in [5.41, 5.74) is 8.27. The van der Waals surface area contributed by atoms with E-state index in [1.807, 2.05) is 30.3 Å². The third-order valence-corrected chi connectivity index (χ3v) is 6.51. The van der Waals surface area contributed by atoms with Gasteiger partial charge in [0.15, 0.2) is 0 Å². The number of amides is 4. The van der Waals surface area contributed by atoms with Crippen molar-refractivity contribution in [3.63, 3.8) is 0 Å². The van der Waals surface area contributed by atoms with E-state index in [1.54, 1.807) is 48.8 Å². The fourth-order valence-electron chi connectivity index (χ4n) is 4.46. The van der Waals surface area contributed by atoms with Crippen molar-refractivity contribution in [3.05, 3.63) is 90.3 Å². The third kappa shape index (κ3) is 7.54. The predicted octanol–water partition coefficient (Wildman–Crippen LogP) is 2.95. The lowest BCUT2D eigenvalue weighted by Gasteiger charge is -2.33. The van der Waals surface area contributed by atoms with Crippen LogP contribution in [-0.2, 0) is 11.2 Å². The SMILES string of the molecule is NC(=O)c1cccc(CC(NC(=O)Nc2ccccc2)C(=O)NCC2CCN(c3ccncc3)CC2)c1. The summed E-state index contributed by atoms with van der Waals surface area (Å²) in [6.45, 7) is 2.35. The molecule has 4 amide bonds. The summed E-state index contributed by atoms with van der Waals surface area (Å²) in [7, 11) is 0. The first-order valence-electron chi connectivity index (χ1n) is 12.4. The number of hydrogen-bond donors (Lipinski definition) is 4. The topological polar surface area (TPSA) is 129 Å². The van der Waals surface area contributed by atoms with Gasteiger partial charge in [-0.3, -0.25) is 14.6 Å². The molecule has 1 aromatic heterocycles. The molecule has 1 aliphatic rings. The van der Waals surface area contributed by atoms with Crippen LogP contribution in [0.4, 0.5) is 16.2 Å². The Hall–Kier alpha value is -4.40. The van der Waals surface area contributed by atoms with Crippen LogP contribution in [-0.4, -0.2) is 48.5 Å². The zero-order valence-corrected chi connectivity index (χ0v) is 20.6. The van der Waals surface area contributed by atoms with E-state index in [9.17, 15) is 14.4 Å². The van der Waals surface area contributed by atoms with Crippen molar-refractivity contribution in [2.24, 2.45) is 11.7 Å². The van der Waals surface area contributed by atoms with Crippen molar-refractivity contribution in [1.29, 1.82) is 0 Å². The van der Waals surface area contributed by atoms with E-state index in [2.05, 4.69) is 25.8 Å². The minimum atomic E-state index is -0.830. The number of piperidine rings is 1. The van der Waals surface area contributed by atoms with Crippen molar-refractivity contribution < 1.29 is 14.4 Å². The van der Waals surface area contributed by atoms with Gasteiger partial charge in [0.25, 0.3) is 0 Å². The van der Waals surface area contributed by atoms with Crippen molar-refractivity contribution in [3.8, 4) is 0 Å². The van der Waals surface area contributed by atoms with Crippen LogP contribution in [0.2, 0.25) is 0 Å². The van der Waals surface area contributed by atoms with Crippen LogP contribution in [0.3, 0.4) is 0 Å². The van der Waals surface area contributed by atoms with Gasteiger partial charge < -0.3 is 26.6 Å². The Morgan fingerprint density at radius 3 is 2.41 bits per heavy atom. The molecule has 3 aromatic rings. The highest BCUT2D eigenvalue weighted by atomic mass is 16.2. The number of carbonyl (C=O) groups is 3. The number of para-hydroxylation sites is 1. The first-order chi connectivity index (χ1) is 18.0. The monoisotopic (exact) mass is 500 g/mol. The van der Waals surface area contributed by atoms with Gasteiger partial charge in [-0.2, -0.15) is 0 Å². The molecule has 9 heteroatoms. The molecule has 0 radical (unpaired) electrons. The number of nitrogens with zero attached hydrogens (tertiary/aromatic N) is 2. The summed E-state index contributed by atoms with van der Waals surface area (Å²) in [5, 5.41) is 8.57. The Labute approximate surface area is 216 Å². The van der Waals surface area contributed by atoms with Crippen molar-refractivity contribution in [1.82, 2.24) is 15.6 Å². The average molecular weight is 501 g/mol. The van der Waals surface area contributed by atoms with Crippen molar-refractivity contribution >= 4 is 29.2 Å². The second-order valence-corrected chi connectivity index (χ2v) is 9.17. The van der Waals surface area contributed by atoms with E-state index >= 15 is 0 Å². The molecule has 1 unspecified atom stereocenters. The normalized spacial score (nSPS) is 14.4. The fourth-order valence-corrected chi connectivity index (χ4v) is 4.46. The van der Waals surface area contributed by atoms with Crippen LogP contribution in [0, 0.1) is 5.92 Å². The molecular weight excluding hydrogens is 468 g/mol. The summed E-state index contributed by atoms with van der Waals surface area (Å²) in [5.74, 6) is -0.473. The van der Waals surface area contributed by atoms with Crippen LogP contribution >= 0.6 is 0 Å². The quantitative estimate of drug-likeness (QED) is 0.359. The highest BCUT2D eigenvalue weighted by Crippen LogP contribution is 2.22. The predicted molar refractivity (Wildman–Crippen MR) is 143 cm³/mol. The van der Waals surface area contributed by atoms with Crippen molar-refractivity contribution in [2.45, 2.75) is 25.3 Å². The number of carbonyl (C=O) groups excluding carboxylic acids is 3. The smallest absolute Gasteiger partial charge is 0.319 e. The lowest BCUT2D eigenvalue weighted by Crippen LogP contribution is -2.50. The average Bonchev–Trinajstić information content (AvgIpc) is 2.93. The number of aromatic nitrogens is 1. The summed E-state index contributed by atoms with van der Waals surface area (Å²) >= 11 is 0. The van der Waals surface area contributed by atoms with Crippen LogP contribution in [0.25, 0.3) is 0 Å². The molecule has 0 spiro atoms. The number of nitrogens with one attached hydrogen (secondary N) is 3. The molecule has 0 aliphatic carbocycles. The zero-order chi connectivity index (χ0) is 26.0. The van der Waals surface area contributed by atoms with Crippen LogP contribution in [0.15, 0.2) is 79.1 Å². The number of primary amides is 1. The van der Waals surface area contributed by atoms with Crippen LogP contribution in [0.5, 0.6) is 0 Å². The highest BCUT2D eigenvalue weighted by molar-refractivity contribution is 5.94. The molecule has 192 valence electrons. The highest BCUT2D eigenvalue weighted by Gasteiger charge is 2.24. The van der Waals surface area contributed by atoms with Gasteiger partial charge in [-0.15, -0.1) is 0 Å². The number of hydrogen-bond acceptors (Lipinski definition) is 5. The largest absolute Gasteiger partial charge is 0.371 e. The Kier molecular flexibility index (Phi) is 8.70. The van der Waals surface area contributed by atoms with Gasteiger partial charge in [0, 0.05) is 55.4 Å². The van der Waals surface area contributed by atoms with Crippen molar-refractivity contribution in [2.75, 3.05) is 29.9 Å². The molecule has 0 bridgehead atoms. The Morgan fingerprint density at radius 1 is 0.973 bits per heavy atom. The summed E-state index contributed by atoms with van der Waals surface area (Å²) in [6.07, 6.45) is 5.71. The van der Waals surface area contributed by atoms with E-state index in [0.29, 0.717) is 23.7 Å². The van der Waals surface area contributed by atoms with E-state index in [-0.39, 0.29) is 12.3 Å². The van der Waals surface area contributed by atoms with E-state index in [0.717, 1.165) is 37.2 Å². The molecular formula is C28H32N6O3. The Balaban J connectivity index is 1.36. The van der Waals surface area contributed by atoms with Gasteiger partial charge in [0.05, 0.1) is 0 Å². The van der Waals surface area contributed by atoms with Crippen LogP contribution < -0.4 is 26.6 Å². The van der Waals surface area contributed by atoms with Gasteiger partial charge in [-0.05, 0) is 60.7 Å². The van der Waals surface area contributed by atoms with Gasteiger partial charge in [0.1, 0.15) is 6.04 Å². The zero-order valence-electron chi connectivity index (χ0n) is 20.6. The number of nitrogens with two attached hydrogens (primary N) is 1. The maximum atomic E-state index is 13.2. The molecule has 1 aliphatic heterocycles. The molecule has 1 atom stereocenters.